The van der Waals surface area contributed by atoms with Crippen LogP contribution in [0.2, 0.25) is 0 Å². The van der Waals surface area contributed by atoms with Crippen LogP contribution >= 0.6 is 0 Å². The fourth-order valence-electron chi connectivity index (χ4n) is 0.966. The van der Waals surface area contributed by atoms with E-state index in [-0.39, 0.29) is 0 Å². The Bertz CT molecular complexity index is 72.9. The van der Waals surface area contributed by atoms with Gasteiger partial charge in [0.15, 0.2) is 0 Å². The molecule has 0 aromatic rings. The first kappa shape index (κ1) is 10.9. The van der Waals surface area contributed by atoms with Gasteiger partial charge in [-0.2, -0.15) is 0 Å². The van der Waals surface area contributed by atoms with Crippen molar-refractivity contribution in [1.29, 1.82) is 0 Å². The second-order valence-corrected chi connectivity index (χ2v) is 3.68. The zero-order valence-corrected chi connectivity index (χ0v) is 8.06. The van der Waals surface area contributed by atoms with Crippen LogP contribution in [0.1, 0.15) is 33.6 Å². The van der Waals surface area contributed by atoms with Gasteiger partial charge in [-0.1, -0.05) is 20.8 Å². The molecule has 1 heterocycles. The summed E-state index contributed by atoms with van der Waals surface area (Å²) in [5.41, 5.74) is 5.11. The molecular weight excluding hydrogens is 136 g/mol. The topological polar surface area (TPSA) is 38.0 Å². The Morgan fingerprint density at radius 3 is 1.82 bits per heavy atom. The average molecular weight is 158 g/mol. The van der Waals surface area contributed by atoms with E-state index < -0.39 is 0 Å². The van der Waals surface area contributed by atoms with Crippen LogP contribution < -0.4 is 11.1 Å². The van der Waals surface area contributed by atoms with Crippen molar-refractivity contribution in [3.05, 3.63) is 0 Å². The predicted octanol–water partition coefficient (Wildman–Crippen LogP) is 1.36. The van der Waals surface area contributed by atoms with E-state index >= 15 is 0 Å². The molecule has 1 aliphatic heterocycles. The fraction of sp³-hybridized carbons (Fsp3) is 1.00. The van der Waals surface area contributed by atoms with Gasteiger partial charge in [-0.15, -0.1) is 0 Å². The van der Waals surface area contributed by atoms with Crippen LogP contribution in [0.3, 0.4) is 0 Å². The van der Waals surface area contributed by atoms with Gasteiger partial charge in [-0.3, -0.25) is 0 Å². The van der Waals surface area contributed by atoms with E-state index in [9.17, 15) is 0 Å². The van der Waals surface area contributed by atoms with Gasteiger partial charge in [0.2, 0.25) is 0 Å². The van der Waals surface area contributed by atoms with Crippen LogP contribution in [0.25, 0.3) is 0 Å². The first-order chi connectivity index (χ1) is 5.13. The van der Waals surface area contributed by atoms with Crippen molar-refractivity contribution in [1.82, 2.24) is 5.32 Å². The molecule has 1 saturated heterocycles. The molecule has 1 rings (SSSR count). The van der Waals surface area contributed by atoms with E-state index in [1.165, 1.54) is 25.9 Å². The molecule has 0 aromatic heterocycles. The molecule has 11 heavy (non-hydrogen) atoms. The first-order valence-electron chi connectivity index (χ1n) is 4.59. The maximum Gasteiger partial charge on any atom is -0.00179 e. The average Bonchev–Trinajstić information content (AvgIpc) is 1.87. The lowest BCUT2D eigenvalue weighted by atomic mass is 10.0. The number of nitrogens with one attached hydrogen (secondary N) is 1. The lowest BCUT2D eigenvalue weighted by Crippen LogP contribution is -2.26. The van der Waals surface area contributed by atoms with Gasteiger partial charge < -0.3 is 11.1 Å². The fourth-order valence-corrected chi connectivity index (χ4v) is 0.966. The van der Waals surface area contributed by atoms with Crippen LogP contribution in [-0.4, -0.2) is 19.1 Å². The van der Waals surface area contributed by atoms with Crippen LogP contribution in [0, 0.1) is 5.92 Å². The molecule has 0 bridgehead atoms. The molecule has 2 nitrogen and oxygen atoms in total. The smallest absolute Gasteiger partial charge is 0.00179 e. The van der Waals surface area contributed by atoms with Crippen LogP contribution in [0.5, 0.6) is 0 Å². The van der Waals surface area contributed by atoms with Gasteiger partial charge in [0.05, 0.1) is 0 Å². The van der Waals surface area contributed by atoms with Crippen molar-refractivity contribution in [3.8, 4) is 0 Å². The van der Waals surface area contributed by atoms with Crippen molar-refractivity contribution >= 4 is 0 Å². The lowest BCUT2D eigenvalue weighted by molar-refractivity contribution is 0.402. The van der Waals surface area contributed by atoms with Crippen molar-refractivity contribution in [2.45, 2.75) is 39.7 Å². The number of hydrogen-bond acceptors (Lipinski definition) is 2. The molecule has 0 aliphatic carbocycles. The zero-order chi connectivity index (χ0) is 8.69. The Hall–Kier alpha value is -0.0800. The number of hydrogen-bond donors (Lipinski definition) is 2. The molecule has 3 N–H and O–H groups in total. The molecule has 0 saturated carbocycles. The summed E-state index contributed by atoms with van der Waals surface area (Å²) in [7, 11) is 0. The summed E-state index contributed by atoms with van der Waals surface area (Å²) in [6.07, 6.45) is 2.75. The summed E-state index contributed by atoms with van der Waals surface area (Å²) in [6.45, 7) is 8.68. The van der Waals surface area contributed by atoms with E-state index in [2.05, 4.69) is 12.2 Å². The van der Waals surface area contributed by atoms with Crippen molar-refractivity contribution in [2.24, 2.45) is 11.7 Å². The summed E-state index contributed by atoms with van der Waals surface area (Å²) in [4.78, 5) is 0. The van der Waals surface area contributed by atoms with Crippen LogP contribution in [0.4, 0.5) is 0 Å². The van der Waals surface area contributed by atoms with Gasteiger partial charge in [-0.25, -0.2) is 0 Å². The second-order valence-electron chi connectivity index (χ2n) is 3.68. The molecule has 1 fully saturated rings. The quantitative estimate of drug-likeness (QED) is 0.558. The molecule has 0 amide bonds. The molecule has 0 spiro atoms. The third-order valence-electron chi connectivity index (χ3n) is 1.63. The Balaban J connectivity index is 0.000000218. The summed E-state index contributed by atoms with van der Waals surface area (Å²) < 4.78 is 0. The highest BCUT2D eigenvalue weighted by molar-refractivity contribution is 4.62. The minimum Gasteiger partial charge on any atom is -0.328 e. The standard InChI is InChI=1S/C6H13N.C3H9N/c1-6-2-4-7-5-3-6;1-3(2)4/h6-7H,2-5H2,1H3;3H,4H2,1-2H3. The molecule has 0 unspecified atom stereocenters. The second kappa shape index (κ2) is 6.62. The van der Waals surface area contributed by atoms with Gasteiger partial charge in [0.25, 0.3) is 0 Å². The SMILES string of the molecule is CC(C)N.CC1CCNCC1. The van der Waals surface area contributed by atoms with E-state index in [0.717, 1.165) is 5.92 Å². The zero-order valence-electron chi connectivity index (χ0n) is 8.06. The molecular formula is C9H22N2. The van der Waals surface area contributed by atoms with E-state index in [1.54, 1.807) is 0 Å². The van der Waals surface area contributed by atoms with E-state index in [4.69, 9.17) is 5.73 Å². The Labute approximate surface area is 70.5 Å². The highest BCUT2D eigenvalue weighted by atomic mass is 14.9. The minimum absolute atomic E-state index is 0.333. The lowest BCUT2D eigenvalue weighted by Gasteiger charge is -2.17. The molecule has 1 aliphatic rings. The van der Waals surface area contributed by atoms with Gasteiger partial charge in [0.1, 0.15) is 0 Å². The number of nitrogens with two attached hydrogens (primary N) is 1. The molecule has 68 valence electrons. The monoisotopic (exact) mass is 158 g/mol. The molecule has 2 heteroatoms. The summed E-state index contributed by atoms with van der Waals surface area (Å²) >= 11 is 0. The number of piperidine rings is 1. The molecule has 0 atom stereocenters. The highest BCUT2D eigenvalue weighted by Crippen LogP contribution is 2.08. The summed E-state index contributed by atoms with van der Waals surface area (Å²) in [6, 6.07) is 0.333. The first-order valence-corrected chi connectivity index (χ1v) is 4.59. The maximum atomic E-state index is 5.11. The van der Waals surface area contributed by atoms with E-state index in [1.807, 2.05) is 13.8 Å². The Morgan fingerprint density at radius 2 is 1.64 bits per heavy atom. The third kappa shape index (κ3) is 9.92. The highest BCUT2D eigenvalue weighted by Gasteiger charge is 2.04. The van der Waals surface area contributed by atoms with Crippen molar-refractivity contribution in [2.75, 3.05) is 13.1 Å². The Morgan fingerprint density at radius 1 is 1.27 bits per heavy atom. The largest absolute Gasteiger partial charge is 0.328 e. The van der Waals surface area contributed by atoms with Crippen LogP contribution in [-0.2, 0) is 0 Å². The maximum absolute atomic E-state index is 5.11. The van der Waals surface area contributed by atoms with E-state index in [0.29, 0.717) is 6.04 Å². The number of rotatable bonds is 0. The van der Waals surface area contributed by atoms with Gasteiger partial charge in [-0.05, 0) is 37.9 Å². The molecule has 0 radical (unpaired) electrons. The summed E-state index contributed by atoms with van der Waals surface area (Å²) in [5, 5.41) is 3.32. The van der Waals surface area contributed by atoms with Gasteiger partial charge in [0, 0.05) is 0 Å². The van der Waals surface area contributed by atoms with Crippen molar-refractivity contribution < 1.29 is 0 Å². The summed E-state index contributed by atoms with van der Waals surface area (Å²) in [5.74, 6) is 0.973. The Kier molecular flexibility index (Phi) is 6.57. The third-order valence-corrected chi connectivity index (χ3v) is 1.63. The van der Waals surface area contributed by atoms with Gasteiger partial charge >= 0.3 is 0 Å². The normalized spacial score (nSPS) is 19.4. The minimum atomic E-state index is 0.333. The predicted molar refractivity (Wildman–Crippen MR) is 50.6 cm³/mol. The van der Waals surface area contributed by atoms with Crippen molar-refractivity contribution in [3.63, 3.8) is 0 Å². The van der Waals surface area contributed by atoms with Crippen LogP contribution in [0.15, 0.2) is 0 Å². The molecule has 0 aromatic carbocycles.